The quantitative estimate of drug-likeness (QED) is 0.900. The molecule has 5 heteroatoms. The van der Waals surface area contributed by atoms with Crippen LogP contribution in [0.4, 0.5) is 0 Å². The molecule has 1 atom stereocenters. The van der Waals surface area contributed by atoms with E-state index < -0.39 is 0 Å². The molecule has 1 aromatic carbocycles. The van der Waals surface area contributed by atoms with E-state index in [9.17, 15) is 9.90 Å². The number of nitrogens with zero attached hydrogens (tertiary/aromatic N) is 2. The van der Waals surface area contributed by atoms with Crippen molar-refractivity contribution < 1.29 is 9.90 Å². The number of aliphatic hydroxyl groups excluding tert-OH is 1. The van der Waals surface area contributed by atoms with Gasteiger partial charge in [0.25, 0.3) is 0 Å². The minimum absolute atomic E-state index is 0.192. The smallest absolute Gasteiger partial charge is 0.227 e. The van der Waals surface area contributed by atoms with Crippen molar-refractivity contribution in [3.63, 3.8) is 0 Å². The molecule has 130 valence electrons. The van der Waals surface area contributed by atoms with Crippen molar-refractivity contribution in [3.8, 4) is 0 Å². The number of amides is 1. The molecular weight excluding hydrogens is 302 g/mol. The largest absolute Gasteiger partial charge is 0.392 e. The molecule has 1 saturated heterocycles. The number of aliphatic hydroxyl groups is 1. The first-order valence-corrected chi connectivity index (χ1v) is 8.70. The molecule has 1 aliphatic heterocycles. The highest BCUT2D eigenvalue weighted by Gasteiger charge is 2.23. The van der Waals surface area contributed by atoms with Crippen molar-refractivity contribution in [2.24, 2.45) is 0 Å². The molecule has 1 fully saturated rings. The van der Waals surface area contributed by atoms with Crippen molar-refractivity contribution in [3.05, 3.63) is 35.0 Å². The molecule has 1 aromatic heterocycles. The van der Waals surface area contributed by atoms with Crippen molar-refractivity contribution in [2.75, 3.05) is 32.7 Å². The minimum atomic E-state index is -0.315. The highest BCUT2D eigenvalue weighted by Crippen LogP contribution is 2.24. The molecule has 0 unspecified atom stereocenters. The van der Waals surface area contributed by atoms with E-state index in [4.69, 9.17) is 0 Å². The number of aromatic amines is 1. The Balaban J connectivity index is 1.68. The summed E-state index contributed by atoms with van der Waals surface area (Å²) in [5.74, 6) is 0.192. The maximum Gasteiger partial charge on any atom is 0.227 e. The monoisotopic (exact) mass is 329 g/mol. The number of β-amino-alcohol motifs (C(OH)–C–C–N with tert-alkyl or cyclic N) is 1. The van der Waals surface area contributed by atoms with Crippen LogP contribution in [0, 0.1) is 13.8 Å². The molecule has 1 amide bonds. The van der Waals surface area contributed by atoms with Crippen LogP contribution in [-0.2, 0) is 11.2 Å². The first kappa shape index (κ1) is 17.0. The van der Waals surface area contributed by atoms with Crippen molar-refractivity contribution >= 4 is 16.8 Å². The van der Waals surface area contributed by atoms with Gasteiger partial charge in [-0.15, -0.1) is 0 Å². The summed E-state index contributed by atoms with van der Waals surface area (Å²) in [4.78, 5) is 20.3. The van der Waals surface area contributed by atoms with E-state index in [1.807, 2.05) is 11.8 Å². The third-order valence-corrected chi connectivity index (χ3v) is 4.85. The molecule has 0 radical (unpaired) electrons. The van der Waals surface area contributed by atoms with Gasteiger partial charge < -0.3 is 15.0 Å². The predicted octanol–water partition coefficient (Wildman–Crippen LogP) is 1.85. The van der Waals surface area contributed by atoms with Crippen molar-refractivity contribution in [2.45, 2.75) is 33.3 Å². The Labute approximate surface area is 143 Å². The van der Waals surface area contributed by atoms with E-state index in [1.54, 1.807) is 6.92 Å². The first-order valence-electron chi connectivity index (χ1n) is 8.70. The van der Waals surface area contributed by atoms with Crippen LogP contribution in [0.1, 0.15) is 23.7 Å². The number of rotatable bonds is 4. The molecule has 0 aliphatic carbocycles. The van der Waals surface area contributed by atoms with Crippen molar-refractivity contribution in [1.29, 1.82) is 0 Å². The van der Waals surface area contributed by atoms with Gasteiger partial charge in [0.05, 0.1) is 12.5 Å². The number of aryl methyl sites for hydroxylation is 2. The number of hydrogen-bond acceptors (Lipinski definition) is 3. The number of fused-ring (bicyclic) bond motifs is 1. The molecule has 5 nitrogen and oxygen atoms in total. The van der Waals surface area contributed by atoms with Gasteiger partial charge in [-0.1, -0.05) is 11.6 Å². The van der Waals surface area contributed by atoms with Crippen LogP contribution >= 0.6 is 0 Å². The van der Waals surface area contributed by atoms with Gasteiger partial charge in [0.15, 0.2) is 0 Å². The summed E-state index contributed by atoms with van der Waals surface area (Å²) < 4.78 is 0. The Morgan fingerprint density at radius 1 is 1.25 bits per heavy atom. The molecule has 24 heavy (non-hydrogen) atoms. The van der Waals surface area contributed by atoms with Crippen LogP contribution in [0.2, 0.25) is 0 Å². The number of H-pyrrole nitrogens is 1. The fraction of sp³-hybridized carbons (Fsp3) is 0.526. The third kappa shape index (κ3) is 3.62. The van der Waals surface area contributed by atoms with Gasteiger partial charge in [-0.3, -0.25) is 9.69 Å². The lowest BCUT2D eigenvalue weighted by molar-refractivity contribution is -0.132. The maximum atomic E-state index is 12.7. The molecule has 2 aromatic rings. The van der Waals surface area contributed by atoms with E-state index in [1.165, 1.54) is 5.56 Å². The lowest BCUT2D eigenvalue weighted by Crippen LogP contribution is -2.50. The van der Waals surface area contributed by atoms with E-state index in [2.05, 4.69) is 35.0 Å². The van der Waals surface area contributed by atoms with Gasteiger partial charge >= 0.3 is 0 Å². The molecule has 2 N–H and O–H groups in total. The summed E-state index contributed by atoms with van der Waals surface area (Å²) >= 11 is 0. The van der Waals surface area contributed by atoms with Crippen LogP contribution < -0.4 is 0 Å². The standard InChI is InChI=1S/C19H27N3O2/c1-13-4-5-18-17(10-13)16(15(3)20-18)11-19(24)22-8-6-21(7-9-22)12-14(2)23/h4-5,10,14,20,23H,6-9,11-12H2,1-3H3/t14-/m0/s1. The SMILES string of the molecule is Cc1ccc2[nH]c(C)c(CC(=O)N3CCN(C[C@H](C)O)CC3)c2c1. The lowest BCUT2D eigenvalue weighted by Gasteiger charge is -2.35. The number of carbonyl (C=O) groups is 1. The van der Waals surface area contributed by atoms with Crippen LogP contribution in [0.5, 0.6) is 0 Å². The maximum absolute atomic E-state index is 12.7. The Bertz CT molecular complexity index is 728. The minimum Gasteiger partial charge on any atom is -0.392 e. The summed E-state index contributed by atoms with van der Waals surface area (Å²) in [6.07, 6.45) is 0.135. The van der Waals surface area contributed by atoms with Gasteiger partial charge in [-0.05, 0) is 38.5 Å². The van der Waals surface area contributed by atoms with Crippen LogP contribution in [0.15, 0.2) is 18.2 Å². The summed E-state index contributed by atoms with van der Waals surface area (Å²) in [6.45, 7) is 9.76. The molecule has 0 bridgehead atoms. The lowest BCUT2D eigenvalue weighted by atomic mass is 10.0. The van der Waals surface area contributed by atoms with E-state index in [0.717, 1.165) is 48.3 Å². The summed E-state index contributed by atoms with van der Waals surface area (Å²) in [7, 11) is 0. The first-order chi connectivity index (χ1) is 11.4. The second kappa shape index (κ2) is 6.95. The van der Waals surface area contributed by atoms with E-state index in [-0.39, 0.29) is 12.0 Å². The number of piperazine rings is 1. The highest BCUT2D eigenvalue weighted by atomic mass is 16.3. The fourth-order valence-corrected chi connectivity index (χ4v) is 3.54. The molecule has 0 spiro atoms. The topological polar surface area (TPSA) is 59.6 Å². The van der Waals surface area contributed by atoms with E-state index >= 15 is 0 Å². The second-order valence-corrected chi connectivity index (χ2v) is 6.98. The normalized spacial score (nSPS) is 17.4. The summed E-state index contributed by atoms with van der Waals surface area (Å²) in [6, 6.07) is 6.33. The molecular formula is C19H27N3O2. The number of benzene rings is 1. The molecule has 2 heterocycles. The van der Waals surface area contributed by atoms with Gasteiger partial charge in [0.1, 0.15) is 0 Å². The summed E-state index contributed by atoms with van der Waals surface area (Å²) in [5.41, 5.74) is 4.51. The molecule has 0 saturated carbocycles. The zero-order chi connectivity index (χ0) is 17.3. The third-order valence-electron chi connectivity index (χ3n) is 4.85. The zero-order valence-electron chi connectivity index (χ0n) is 14.8. The molecule has 1 aliphatic rings. The van der Waals surface area contributed by atoms with Gasteiger partial charge in [-0.2, -0.15) is 0 Å². The van der Waals surface area contributed by atoms with Crippen LogP contribution in [0.25, 0.3) is 10.9 Å². The van der Waals surface area contributed by atoms with Gasteiger partial charge in [0.2, 0.25) is 5.91 Å². The Morgan fingerprint density at radius 2 is 1.96 bits per heavy atom. The number of carbonyl (C=O) groups excluding carboxylic acids is 1. The second-order valence-electron chi connectivity index (χ2n) is 6.98. The zero-order valence-corrected chi connectivity index (χ0v) is 14.8. The number of nitrogens with one attached hydrogen (secondary N) is 1. The Hall–Kier alpha value is -1.85. The average Bonchev–Trinajstić information content (AvgIpc) is 2.83. The fourth-order valence-electron chi connectivity index (χ4n) is 3.54. The van der Waals surface area contributed by atoms with E-state index in [0.29, 0.717) is 13.0 Å². The molecule has 3 rings (SSSR count). The average molecular weight is 329 g/mol. The van der Waals surface area contributed by atoms with Crippen molar-refractivity contribution in [1.82, 2.24) is 14.8 Å². The number of aromatic nitrogens is 1. The predicted molar refractivity (Wildman–Crippen MR) is 96.2 cm³/mol. The van der Waals surface area contributed by atoms with Gasteiger partial charge in [0, 0.05) is 49.3 Å². The Morgan fingerprint density at radius 3 is 2.62 bits per heavy atom. The van der Waals surface area contributed by atoms with Crippen LogP contribution in [-0.4, -0.2) is 64.6 Å². The summed E-state index contributed by atoms with van der Waals surface area (Å²) in [5, 5.41) is 10.6. The number of hydrogen-bond donors (Lipinski definition) is 2. The highest BCUT2D eigenvalue weighted by molar-refractivity contribution is 5.90. The van der Waals surface area contributed by atoms with Gasteiger partial charge in [-0.25, -0.2) is 0 Å². The Kier molecular flexibility index (Phi) is 4.92. The van der Waals surface area contributed by atoms with Crippen LogP contribution in [0.3, 0.4) is 0 Å².